The summed E-state index contributed by atoms with van der Waals surface area (Å²) in [5.74, 6) is 0.200. The summed E-state index contributed by atoms with van der Waals surface area (Å²) >= 11 is 0. The maximum absolute atomic E-state index is 12.7. The van der Waals surface area contributed by atoms with Crippen LogP contribution in [-0.4, -0.2) is 52.0 Å². The van der Waals surface area contributed by atoms with Gasteiger partial charge in [-0.3, -0.25) is 9.88 Å². The van der Waals surface area contributed by atoms with Gasteiger partial charge in [0.1, 0.15) is 17.2 Å². The third-order valence-corrected chi connectivity index (χ3v) is 7.15. The van der Waals surface area contributed by atoms with E-state index in [1.54, 1.807) is 11.0 Å². The quantitative estimate of drug-likeness (QED) is 0.237. The number of ether oxygens (including phenoxy) is 1. The molecule has 1 aliphatic heterocycles. The number of likely N-dealkylation sites (tertiary alicyclic amines) is 1. The molecule has 1 saturated heterocycles. The number of hydrogen-bond acceptors (Lipinski definition) is 7. The molecule has 39 heavy (non-hydrogen) atoms. The van der Waals surface area contributed by atoms with Crippen LogP contribution >= 0.6 is 0 Å². The first kappa shape index (κ1) is 26.7. The highest BCUT2D eigenvalue weighted by Crippen LogP contribution is 2.34. The Morgan fingerprint density at radius 2 is 1.85 bits per heavy atom. The van der Waals surface area contributed by atoms with Gasteiger partial charge in [-0.15, -0.1) is 0 Å². The Balaban J connectivity index is 1.40. The Morgan fingerprint density at radius 1 is 1.08 bits per heavy atom. The van der Waals surface area contributed by atoms with Crippen LogP contribution in [0.3, 0.4) is 0 Å². The van der Waals surface area contributed by atoms with E-state index in [-0.39, 0.29) is 12.1 Å². The van der Waals surface area contributed by atoms with Gasteiger partial charge in [0.2, 0.25) is 0 Å². The van der Waals surface area contributed by atoms with Gasteiger partial charge in [-0.1, -0.05) is 12.1 Å². The molecular weight excluding hydrogens is 537 g/mol. The lowest BCUT2D eigenvalue weighted by Crippen LogP contribution is -2.36. The molecule has 2 aromatic heterocycles. The zero-order valence-electron chi connectivity index (χ0n) is 21.2. The fraction of sp³-hybridized carbons (Fsp3) is 0.346. The van der Waals surface area contributed by atoms with E-state index in [4.69, 9.17) is 9.72 Å². The van der Waals surface area contributed by atoms with Gasteiger partial charge in [-0.25, -0.2) is 9.78 Å². The van der Waals surface area contributed by atoms with Crippen LogP contribution < -0.4 is 4.18 Å². The number of aromatic amines is 1. The van der Waals surface area contributed by atoms with Crippen LogP contribution in [0.15, 0.2) is 48.7 Å². The summed E-state index contributed by atoms with van der Waals surface area (Å²) in [7, 11) is -5.77. The number of amides is 1. The number of rotatable bonds is 4. The second kappa shape index (κ2) is 9.40. The lowest BCUT2D eigenvalue weighted by Gasteiger charge is -2.27. The van der Waals surface area contributed by atoms with E-state index in [0.29, 0.717) is 28.8 Å². The normalized spacial score (nSPS) is 16.7. The summed E-state index contributed by atoms with van der Waals surface area (Å²) in [5.41, 5.74) is -3.31. The summed E-state index contributed by atoms with van der Waals surface area (Å²) in [6, 6.07) is 10.8. The maximum atomic E-state index is 12.7. The lowest BCUT2D eigenvalue weighted by molar-refractivity contribution is -0.0500. The number of halogens is 3. The van der Waals surface area contributed by atoms with Crippen LogP contribution in [0.1, 0.15) is 45.5 Å². The van der Waals surface area contributed by atoms with Gasteiger partial charge in [-0.2, -0.15) is 21.6 Å². The highest BCUT2D eigenvalue weighted by Gasteiger charge is 2.48. The number of carbonyl (C=O) groups excluding carboxylic acids is 1. The number of nitrogens with zero attached hydrogens (tertiary/aromatic N) is 3. The second-order valence-corrected chi connectivity index (χ2v) is 11.8. The molecule has 3 heterocycles. The van der Waals surface area contributed by atoms with Crippen LogP contribution in [0.5, 0.6) is 5.75 Å². The zero-order valence-corrected chi connectivity index (χ0v) is 22.1. The van der Waals surface area contributed by atoms with E-state index in [1.165, 1.54) is 18.3 Å². The van der Waals surface area contributed by atoms with Crippen molar-refractivity contribution in [3.05, 3.63) is 54.5 Å². The number of pyridine rings is 1. The first-order chi connectivity index (χ1) is 18.2. The Hall–Kier alpha value is -3.87. The minimum atomic E-state index is -5.77. The van der Waals surface area contributed by atoms with E-state index in [9.17, 15) is 26.4 Å². The van der Waals surface area contributed by atoms with Crippen LogP contribution in [0.25, 0.3) is 33.1 Å². The van der Waals surface area contributed by atoms with Gasteiger partial charge in [0, 0.05) is 23.7 Å². The van der Waals surface area contributed by atoms with Gasteiger partial charge in [-0.05, 0) is 69.3 Å². The molecule has 0 bridgehead atoms. The largest absolute Gasteiger partial charge is 0.534 e. The number of aromatic nitrogens is 3. The summed E-state index contributed by atoms with van der Waals surface area (Å²) in [6.07, 6.45) is 2.64. The second-order valence-electron chi connectivity index (χ2n) is 10.2. The van der Waals surface area contributed by atoms with Crippen molar-refractivity contribution in [1.82, 2.24) is 19.9 Å². The molecule has 0 saturated carbocycles. The molecule has 1 atom stereocenters. The van der Waals surface area contributed by atoms with Crippen molar-refractivity contribution in [2.75, 3.05) is 6.54 Å². The molecule has 1 amide bonds. The van der Waals surface area contributed by atoms with Gasteiger partial charge in [0.05, 0.1) is 22.8 Å². The molecule has 0 radical (unpaired) electrons. The van der Waals surface area contributed by atoms with Crippen LogP contribution in [0.2, 0.25) is 0 Å². The predicted molar refractivity (Wildman–Crippen MR) is 137 cm³/mol. The molecule has 2 aromatic carbocycles. The Bertz CT molecular complexity index is 1680. The Labute approximate surface area is 222 Å². The van der Waals surface area contributed by atoms with E-state index >= 15 is 0 Å². The zero-order chi connectivity index (χ0) is 28.2. The van der Waals surface area contributed by atoms with Crippen molar-refractivity contribution < 1.29 is 35.3 Å². The molecule has 1 fully saturated rings. The van der Waals surface area contributed by atoms with Crippen molar-refractivity contribution >= 4 is 38.0 Å². The molecule has 4 aromatic rings. The van der Waals surface area contributed by atoms with E-state index in [1.807, 2.05) is 39.0 Å². The summed E-state index contributed by atoms with van der Waals surface area (Å²) in [5, 5.41) is 1.03. The standard InChI is InChI=1S/C26H25F3N4O5S/c1-25(2,3)37-24(34)33-10-4-5-22(33)23-31-19-9-7-16(13-21(19)32-23)20-12-15-6-8-18(11-17(15)14-30-20)38-39(35,36)26(27,28)29/h6-9,11-14,22H,4-5,10H2,1-3H3,(H,31,32)/t22-/m0/s1. The summed E-state index contributed by atoms with van der Waals surface area (Å²) in [4.78, 5) is 26.8. The van der Waals surface area contributed by atoms with E-state index < -0.39 is 27.0 Å². The average Bonchev–Trinajstić information content (AvgIpc) is 3.48. The fourth-order valence-corrected chi connectivity index (χ4v) is 4.89. The van der Waals surface area contributed by atoms with E-state index in [2.05, 4.69) is 14.2 Å². The first-order valence-corrected chi connectivity index (χ1v) is 13.5. The number of imidazole rings is 1. The van der Waals surface area contributed by atoms with Crippen molar-refractivity contribution in [3.63, 3.8) is 0 Å². The van der Waals surface area contributed by atoms with Gasteiger partial charge < -0.3 is 13.9 Å². The first-order valence-electron chi connectivity index (χ1n) is 12.1. The number of fused-ring (bicyclic) bond motifs is 2. The van der Waals surface area contributed by atoms with Crippen LogP contribution in [-0.2, 0) is 14.9 Å². The summed E-state index contributed by atoms with van der Waals surface area (Å²) in [6.45, 7) is 6.05. The summed E-state index contributed by atoms with van der Waals surface area (Å²) < 4.78 is 70.3. The number of hydrogen-bond donors (Lipinski definition) is 1. The molecule has 1 N–H and O–H groups in total. The lowest BCUT2D eigenvalue weighted by atomic mass is 10.1. The number of benzene rings is 2. The highest BCUT2D eigenvalue weighted by molar-refractivity contribution is 7.88. The number of carbonyl (C=O) groups is 1. The van der Waals surface area contributed by atoms with Gasteiger partial charge >= 0.3 is 21.7 Å². The highest BCUT2D eigenvalue weighted by atomic mass is 32.2. The molecule has 0 unspecified atom stereocenters. The molecule has 9 nitrogen and oxygen atoms in total. The average molecular weight is 563 g/mol. The third-order valence-electron chi connectivity index (χ3n) is 6.18. The monoisotopic (exact) mass is 562 g/mol. The van der Waals surface area contributed by atoms with Crippen LogP contribution in [0, 0.1) is 0 Å². The molecule has 5 rings (SSSR count). The topological polar surface area (TPSA) is 114 Å². The van der Waals surface area contributed by atoms with Crippen molar-refractivity contribution in [2.45, 2.75) is 50.8 Å². The van der Waals surface area contributed by atoms with Crippen LogP contribution in [0.4, 0.5) is 18.0 Å². The smallest absolute Gasteiger partial charge is 0.444 e. The van der Waals surface area contributed by atoms with Gasteiger partial charge in [0.25, 0.3) is 0 Å². The number of alkyl halides is 3. The Morgan fingerprint density at radius 3 is 2.56 bits per heavy atom. The molecule has 0 spiro atoms. The minimum absolute atomic E-state index is 0.230. The maximum Gasteiger partial charge on any atom is 0.534 e. The molecule has 1 aliphatic rings. The third kappa shape index (κ3) is 5.49. The van der Waals surface area contributed by atoms with Crippen molar-refractivity contribution in [1.29, 1.82) is 0 Å². The van der Waals surface area contributed by atoms with Gasteiger partial charge in [0.15, 0.2) is 0 Å². The predicted octanol–water partition coefficient (Wildman–Crippen LogP) is 6.08. The fourth-order valence-electron chi connectivity index (χ4n) is 4.44. The SMILES string of the molecule is CC(C)(C)OC(=O)N1CCC[C@H]1c1nc2ccc(-c3cc4ccc(OS(=O)(=O)C(F)(F)F)cc4cn3)cc2[nH]1. The number of H-pyrrole nitrogens is 1. The minimum Gasteiger partial charge on any atom is -0.444 e. The molecule has 0 aliphatic carbocycles. The molecular formula is C26H25F3N4O5S. The molecule has 13 heteroatoms. The van der Waals surface area contributed by atoms with Crippen molar-refractivity contribution in [3.8, 4) is 17.0 Å². The molecule has 206 valence electrons. The number of nitrogens with one attached hydrogen (secondary N) is 1. The van der Waals surface area contributed by atoms with E-state index in [0.717, 1.165) is 35.5 Å². The Kier molecular flexibility index (Phi) is 6.44. The van der Waals surface area contributed by atoms with Crippen molar-refractivity contribution in [2.24, 2.45) is 0 Å².